The van der Waals surface area contributed by atoms with Gasteiger partial charge < -0.3 is 5.73 Å². The zero-order valence-electron chi connectivity index (χ0n) is 8.50. The highest BCUT2D eigenvalue weighted by Crippen LogP contribution is 2.32. The van der Waals surface area contributed by atoms with E-state index in [9.17, 15) is 4.79 Å². The van der Waals surface area contributed by atoms with Gasteiger partial charge >= 0.3 is 0 Å². The SMILES string of the molecule is Cc1cc(Cl)c(Cl)cc1N1N=C(N)CC1=O. The van der Waals surface area contributed by atoms with Crippen LogP contribution >= 0.6 is 23.2 Å². The van der Waals surface area contributed by atoms with Crippen molar-refractivity contribution in [2.45, 2.75) is 13.3 Å². The largest absolute Gasteiger partial charge is 0.385 e. The first-order valence-electron chi connectivity index (χ1n) is 4.60. The molecule has 0 unspecified atom stereocenters. The molecule has 2 rings (SSSR count). The van der Waals surface area contributed by atoms with E-state index in [1.807, 2.05) is 6.92 Å². The first-order chi connectivity index (χ1) is 7.49. The Bertz CT molecular complexity index is 499. The van der Waals surface area contributed by atoms with Gasteiger partial charge in [0.2, 0.25) is 0 Å². The van der Waals surface area contributed by atoms with Crippen LogP contribution in [0.3, 0.4) is 0 Å². The molecule has 0 aromatic heterocycles. The number of carbonyl (C=O) groups excluding carboxylic acids is 1. The minimum Gasteiger partial charge on any atom is -0.385 e. The number of hydrogen-bond acceptors (Lipinski definition) is 3. The molecular weight excluding hydrogens is 249 g/mol. The maximum absolute atomic E-state index is 11.6. The van der Waals surface area contributed by atoms with Crippen LogP contribution in [0.15, 0.2) is 17.2 Å². The Morgan fingerprint density at radius 3 is 2.56 bits per heavy atom. The van der Waals surface area contributed by atoms with E-state index in [1.54, 1.807) is 12.1 Å². The molecule has 1 heterocycles. The summed E-state index contributed by atoms with van der Waals surface area (Å²) in [5.74, 6) is 0.134. The Morgan fingerprint density at radius 1 is 1.38 bits per heavy atom. The van der Waals surface area contributed by atoms with Crippen molar-refractivity contribution in [2.24, 2.45) is 10.8 Å². The molecule has 1 amide bonds. The molecule has 1 aromatic rings. The molecular formula is C10H9Cl2N3O. The van der Waals surface area contributed by atoms with Gasteiger partial charge in [0.25, 0.3) is 5.91 Å². The fraction of sp³-hybridized carbons (Fsp3) is 0.200. The third kappa shape index (κ3) is 1.86. The van der Waals surface area contributed by atoms with Gasteiger partial charge in [-0.2, -0.15) is 10.1 Å². The van der Waals surface area contributed by atoms with Gasteiger partial charge in [-0.3, -0.25) is 4.79 Å². The summed E-state index contributed by atoms with van der Waals surface area (Å²) in [6.45, 7) is 1.83. The number of carbonyl (C=O) groups is 1. The fourth-order valence-electron chi connectivity index (χ4n) is 1.50. The van der Waals surface area contributed by atoms with Crippen molar-refractivity contribution in [3.8, 4) is 0 Å². The quantitative estimate of drug-likeness (QED) is 0.840. The molecule has 0 saturated heterocycles. The number of amides is 1. The number of hydrazone groups is 1. The number of benzene rings is 1. The van der Waals surface area contributed by atoms with E-state index in [4.69, 9.17) is 28.9 Å². The summed E-state index contributed by atoms with van der Waals surface area (Å²) in [4.78, 5) is 11.6. The van der Waals surface area contributed by atoms with Crippen molar-refractivity contribution in [2.75, 3.05) is 5.01 Å². The zero-order chi connectivity index (χ0) is 11.9. The molecule has 1 aliphatic rings. The Hall–Kier alpha value is -1.26. The average Bonchev–Trinajstić information content (AvgIpc) is 2.51. The Morgan fingerprint density at radius 2 is 2.00 bits per heavy atom. The molecule has 4 nitrogen and oxygen atoms in total. The Labute approximate surface area is 103 Å². The Balaban J connectivity index is 2.49. The molecule has 0 aliphatic carbocycles. The molecule has 0 radical (unpaired) electrons. The number of anilines is 1. The lowest BCUT2D eigenvalue weighted by atomic mass is 10.2. The monoisotopic (exact) mass is 257 g/mol. The Kier molecular flexibility index (Phi) is 2.78. The predicted molar refractivity (Wildman–Crippen MR) is 64.9 cm³/mol. The van der Waals surface area contributed by atoms with Crippen molar-refractivity contribution in [3.05, 3.63) is 27.7 Å². The first kappa shape index (κ1) is 11.2. The van der Waals surface area contributed by atoms with Crippen LogP contribution in [0.2, 0.25) is 10.0 Å². The topological polar surface area (TPSA) is 58.7 Å². The van der Waals surface area contributed by atoms with Gasteiger partial charge in [0.05, 0.1) is 22.2 Å². The van der Waals surface area contributed by atoms with Crippen molar-refractivity contribution < 1.29 is 4.79 Å². The molecule has 84 valence electrons. The number of amidine groups is 1. The maximum Gasteiger partial charge on any atom is 0.255 e. The summed E-state index contributed by atoms with van der Waals surface area (Å²) in [7, 11) is 0. The van der Waals surface area contributed by atoms with Crippen molar-refractivity contribution >= 4 is 40.6 Å². The standard InChI is InChI=1S/C10H9Cl2N3O/c1-5-2-6(11)7(12)3-8(5)15-10(16)4-9(13)14-15/h2-3H,4H2,1H3,(H2,13,14). The number of aryl methyl sites for hydroxylation is 1. The van der Waals surface area contributed by atoms with Gasteiger partial charge in [-0.1, -0.05) is 23.2 Å². The van der Waals surface area contributed by atoms with Crippen LogP contribution in [0.25, 0.3) is 0 Å². The summed E-state index contributed by atoms with van der Waals surface area (Å²) in [6.07, 6.45) is 0.139. The lowest BCUT2D eigenvalue weighted by molar-refractivity contribution is -0.116. The van der Waals surface area contributed by atoms with Gasteiger partial charge in [0.15, 0.2) is 0 Å². The zero-order valence-corrected chi connectivity index (χ0v) is 10.0. The van der Waals surface area contributed by atoms with Crippen LogP contribution in [0, 0.1) is 6.92 Å². The van der Waals surface area contributed by atoms with Crippen LogP contribution in [0.1, 0.15) is 12.0 Å². The summed E-state index contributed by atoms with van der Waals surface area (Å²) in [6, 6.07) is 3.30. The van der Waals surface area contributed by atoms with Crippen LogP contribution in [0.5, 0.6) is 0 Å². The van der Waals surface area contributed by atoms with Crippen molar-refractivity contribution in [3.63, 3.8) is 0 Å². The minimum atomic E-state index is -0.168. The van der Waals surface area contributed by atoms with E-state index in [-0.39, 0.29) is 12.3 Å². The lowest BCUT2D eigenvalue weighted by Gasteiger charge is -2.15. The fourth-order valence-corrected chi connectivity index (χ4v) is 1.88. The van der Waals surface area contributed by atoms with E-state index in [0.29, 0.717) is 21.6 Å². The first-order valence-corrected chi connectivity index (χ1v) is 5.36. The highest BCUT2D eigenvalue weighted by molar-refractivity contribution is 6.42. The molecule has 0 atom stereocenters. The highest BCUT2D eigenvalue weighted by atomic mass is 35.5. The number of rotatable bonds is 1. The minimum absolute atomic E-state index is 0.139. The third-order valence-electron chi connectivity index (χ3n) is 2.26. The van der Waals surface area contributed by atoms with Gasteiger partial charge in [0.1, 0.15) is 5.84 Å². The van der Waals surface area contributed by atoms with E-state index in [1.165, 1.54) is 5.01 Å². The normalized spacial score (nSPS) is 15.6. The predicted octanol–water partition coefficient (Wildman–Crippen LogP) is 2.31. The van der Waals surface area contributed by atoms with Gasteiger partial charge in [0, 0.05) is 0 Å². The number of nitrogens with two attached hydrogens (primary N) is 1. The van der Waals surface area contributed by atoms with Crippen molar-refractivity contribution in [1.29, 1.82) is 0 Å². The molecule has 0 saturated carbocycles. The molecule has 16 heavy (non-hydrogen) atoms. The summed E-state index contributed by atoms with van der Waals surface area (Å²) < 4.78 is 0. The number of nitrogens with zero attached hydrogens (tertiary/aromatic N) is 2. The van der Waals surface area contributed by atoms with E-state index >= 15 is 0 Å². The van der Waals surface area contributed by atoms with Crippen LogP contribution in [0.4, 0.5) is 5.69 Å². The van der Waals surface area contributed by atoms with Crippen LogP contribution < -0.4 is 10.7 Å². The van der Waals surface area contributed by atoms with Crippen molar-refractivity contribution in [1.82, 2.24) is 0 Å². The molecule has 0 bridgehead atoms. The van der Waals surface area contributed by atoms with E-state index in [0.717, 1.165) is 5.56 Å². The second-order valence-electron chi connectivity index (χ2n) is 3.53. The third-order valence-corrected chi connectivity index (χ3v) is 2.99. The molecule has 1 aromatic carbocycles. The summed E-state index contributed by atoms with van der Waals surface area (Å²) in [5.41, 5.74) is 6.93. The molecule has 0 fully saturated rings. The van der Waals surface area contributed by atoms with Crippen LogP contribution in [-0.4, -0.2) is 11.7 Å². The van der Waals surface area contributed by atoms with E-state index < -0.39 is 0 Å². The highest BCUT2D eigenvalue weighted by Gasteiger charge is 2.25. The lowest BCUT2D eigenvalue weighted by Crippen LogP contribution is -2.20. The van der Waals surface area contributed by atoms with Gasteiger partial charge in [-0.25, -0.2) is 0 Å². The second-order valence-corrected chi connectivity index (χ2v) is 4.34. The molecule has 0 spiro atoms. The summed E-state index contributed by atoms with van der Waals surface area (Å²) in [5, 5.41) is 6.04. The van der Waals surface area contributed by atoms with Gasteiger partial charge in [-0.15, -0.1) is 0 Å². The van der Waals surface area contributed by atoms with E-state index in [2.05, 4.69) is 5.10 Å². The van der Waals surface area contributed by atoms with Gasteiger partial charge in [-0.05, 0) is 24.6 Å². The number of hydrogen-bond donors (Lipinski definition) is 1. The second kappa shape index (κ2) is 3.96. The summed E-state index contributed by atoms with van der Waals surface area (Å²) >= 11 is 11.8. The smallest absolute Gasteiger partial charge is 0.255 e. The molecule has 1 aliphatic heterocycles. The number of halogens is 2. The maximum atomic E-state index is 11.6. The average molecular weight is 258 g/mol. The van der Waals surface area contributed by atoms with Crippen LogP contribution in [-0.2, 0) is 4.79 Å². The molecule has 2 N–H and O–H groups in total. The molecule has 6 heteroatoms.